The molecule has 0 saturated carbocycles. The summed E-state index contributed by atoms with van der Waals surface area (Å²) in [5, 5.41) is 3.36. The third-order valence-electron chi connectivity index (χ3n) is 2.76. The summed E-state index contributed by atoms with van der Waals surface area (Å²) in [6.07, 6.45) is 1.95. The molecule has 1 unspecified atom stereocenters. The lowest BCUT2D eigenvalue weighted by Crippen LogP contribution is -2.28. The van der Waals surface area contributed by atoms with E-state index in [1.54, 1.807) is 6.07 Å². The second-order valence-corrected chi connectivity index (χ2v) is 4.31. The van der Waals surface area contributed by atoms with Gasteiger partial charge in [0.15, 0.2) is 11.6 Å². The number of alkyl halides is 1. The zero-order valence-electron chi connectivity index (χ0n) is 10.3. The Morgan fingerprint density at radius 3 is 2.76 bits per heavy atom. The molecule has 1 rings (SSSR count). The van der Waals surface area contributed by atoms with Crippen molar-refractivity contribution in [2.75, 3.05) is 13.0 Å². The first-order chi connectivity index (χ1) is 8.21. The van der Waals surface area contributed by atoms with Gasteiger partial charge in [-0.05, 0) is 30.5 Å². The third kappa shape index (κ3) is 4.52. The van der Waals surface area contributed by atoms with Crippen molar-refractivity contribution in [2.24, 2.45) is 0 Å². The van der Waals surface area contributed by atoms with E-state index in [4.69, 9.17) is 16.3 Å². The highest BCUT2D eigenvalue weighted by Crippen LogP contribution is 2.17. The topological polar surface area (TPSA) is 21.3 Å². The van der Waals surface area contributed by atoms with Gasteiger partial charge in [0.05, 0.1) is 7.11 Å². The first kappa shape index (κ1) is 14.3. The Morgan fingerprint density at radius 2 is 2.24 bits per heavy atom. The maximum absolute atomic E-state index is 13.4. The number of ether oxygens (including phenoxy) is 1. The average Bonchev–Trinajstić information content (AvgIpc) is 2.34. The highest BCUT2D eigenvalue weighted by atomic mass is 35.5. The summed E-state index contributed by atoms with van der Waals surface area (Å²) >= 11 is 5.71. The van der Waals surface area contributed by atoms with Crippen LogP contribution in [0, 0.1) is 5.82 Å². The smallest absolute Gasteiger partial charge is 0.165 e. The summed E-state index contributed by atoms with van der Waals surface area (Å²) in [7, 11) is 1.46. The second-order valence-electron chi connectivity index (χ2n) is 3.93. The highest BCUT2D eigenvalue weighted by molar-refractivity contribution is 6.17. The Balaban J connectivity index is 2.54. The van der Waals surface area contributed by atoms with Crippen molar-refractivity contribution in [2.45, 2.75) is 32.4 Å². The lowest BCUT2D eigenvalue weighted by Gasteiger charge is -2.15. The molecule has 96 valence electrons. The quantitative estimate of drug-likeness (QED) is 0.759. The lowest BCUT2D eigenvalue weighted by molar-refractivity contribution is 0.385. The van der Waals surface area contributed by atoms with Gasteiger partial charge in [0, 0.05) is 18.5 Å². The fourth-order valence-electron chi connectivity index (χ4n) is 1.66. The molecule has 4 heteroatoms. The zero-order valence-corrected chi connectivity index (χ0v) is 11.1. The van der Waals surface area contributed by atoms with Crippen molar-refractivity contribution in [1.82, 2.24) is 5.32 Å². The van der Waals surface area contributed by atoms with Gasteiger partial charge >= 0.3 is 0 Å². The van der Waals surface area contributed by atoms with Gasteiger partial charge in [0.2, 0.25) is 0 Å². The number of hydrogen-bond acceptors (Lipinski definition) is 2. The molecule has 1 N–H and O–H groups in total. The molecule has 17 heavy (non-hydrogen) atoms. The molecule has 2 nitrogen and oxygen atoms in total. The van der Waals surface area contributed by atoms with Gasteiger partial charge in [-0.2, -0.15) is 0 Å². The van der Waals surface area contributed by atoms with E-state index in [0.29, 0.717) is 18.5 Å². The van der Waals surface area contributed by atoms with Crippen LogP contribution in [0.1, 0.15) is 25.3 Å². The van der Waals surface area contributed by atoms with Crippen LogP contribution in [-0.4, -0.2) is 19.0 Å². The van der Waals surface area contributed by atoms with Crippen molar-refractivity contribution in [1.29, 1.82) is 0 Å². The molecule has 1 aromatic rings. The zero-order chi connectivity index (χ0) is 12.7. The molecule has 1 atom stereocenters. The summed E-state index contributed by atoms with van der Waals surface area (Å²) < 4.78 is 18.3. The first-order valence-electron chi connectivity index (χ1n) is 5.83. The van der Waals surface area contributed by atoms with E-state index in [9.17, 15) is 4.39 Å². The van der Waals surface area contributed by atoms with Crippen LogP contribution in [0.2, 0.25) is 0 Å². The summed E-state index contributed by atoms with van der Waals surface area (Å²) in [4.78, 5) is 0. The molecule has 0 heterocycles. The Bertz CT molecular complexity index is 346. The fourth-order valence-corrected chi connectivity index (χ4v) is 1.93. The molecule has 0 bridgehead atoms. The van der Waals surface area contributed by atoms with Crippen molar-refractivity contribution >= 4 is 11.6 Å². The van der Waals surface area contributed by atoms with Crippen LogP contribution in [0.25, 0.3) is 0 Å². The van der Waals surface area contributed by atoms with E-state index >= 15 is 0 Å². The molecule has 0 aliphatic heterocycles. The minimum absolute atomic E-state index is 0.279. The Labute approximate surface area is 107 Å². The summed E-state index contributed by atoms with van der Waals surface area (Å²) in [5.74, 6) is 0.599. The van der Waals surface area contributed by atoms with Crippen molar-refractivity contribution in [3.05, 3.63) is 29.6 Å². The maximum atomic E-state index is 13.4. The molecule has 0 fully saturated rings. The van der Waals surface area contributed by atoms with E-state index in [0.717, 1.165) is 18.4 Å². The second kappa shape index (κ2) is 7.51. The minimum atomic E-state index is -0.322. The average molecular weight is 260 g/mol. The van der Waals surface area contributed by atoms with E-state index in [2.05, 4.69) is 12.2 Å². The third-order valence-corrected chi connectivity index (χ3v) is 2.98. The van der Waals surface area contributed by atoms with Crippen LogP contribution in [-0.2, 0) is 6.54 Å². The molecule has 0 saturated heterocycles. The van der Waals surface area contributed by atoms with Crippen LogP contribution < -0.4 is 10.1 Å². The van der Waals surface area contributed by atoms with Gasteiger partial charge in [-0.15, -0.1) is 11.6 Å². The normalized spacial score (nSPS) is 12.5. The number of nitrogens with one attached hydrogen (secondary N) is 1. The molecule has 0 aromatic heterocycles. The molecular formula is C13H19ClFNO. The van der Waals surface area contributed by atoms with Gasteiger partial charge in [-0.3, -0.25) is 0 Å². The van der Waals surface area contributed by atoms with Crippen LogP contribution in [0.5, 0.6) is 5.75 Å². The molecule has 0 spiro atoms. The Hall–Kier alpha value is -0.800. The first-order valence-corrected chi connectivity index (χ1v) is 6.36. The molecule has 0 radical (unpaired) electrons. The van der Waals surface area contributed by atoms with E-state index < -0.39 is 0 Å². The number of halogens is 2. The lowest BCUT2D eigenvalue weighted by atomic mass is 10.1. The van der Waals surface area contributed by atoms with E-state index in [1.807, 2.05) is 6.07 Å². The summed E-state index contributed by atoms with van der Waals surface area (Å²) in [5.41, 5.74) is 0.913. The highest BCUT2D eigenvalue weighted by Gasteiger charge is 2.07. The number of rotatable bonds is 7. The van der Waals surface area contributed by atoms with E-state index in [-0.39, 0.29) is 11.6 Å². The summed E-state index contributed by atoms with van der Waals surface area (Å²) in [6.45, 7) is 2.76. The van der Waals surface area contributed by atoms with Gasteiger partial charge in [0.25, 0.3) is 0 Å². The van der Waals surface area contributed by atoms with Crippen molar-refractivity contribution in [3.63, 3.8) is 0 Å². The fraction of sp³-hybridized carbons (Fsp3) is 0.538. The van der Waals surface area contributed by atoms with Crippen molar-refractivity contribution in [3.8, 4) is 5.75 Å². The number of methoxy groups -OCH3 is 1. The molecule has 0 aliphatic rings. The van der Waals surface area contributed by atoms with Gasteiger partial charge < -0.3 is 10.1 Å². The minimum Gasteiger partial charge on any atom is -0.494 e. The number of benzene rings is 1. The van der Waals surface area contributed by atoms with Crippen LogP contribution in [0.4, 0.5) is 4.39 Å². The Kier molecular flexibility index (Phi) is 6.30. The SMILES string of the molecule is CCC(CCCl)NCc1ccc(OC)c(F)c1. The molecular weight excluding hydrogens is 241 g/mol. The predicted molar refractivity (Wildman–Crippen MR) is 69.2 cm³/mol. The largest absolute Gasteiger partial charge is 0.494 e. The predicted octanol–water partition coefficient (Wildman–Crippen LogP) is 3.33. The van der Waals surface area contributed by atoms with Gasteiger partial charge in [-0.25, -0.2) is 4.39 Å². The molecule has 0 amide bonds. The summed E-state index contributed by atoms with van der Waals surface area (Å²) in [6, 6.07) is 5.40. The maximum Gasteiger partial charge on any atom is 0.165 e. The van der Waals surface area contributed by atoms with Crippen LogP contribution in [0.15, 0.2) is 18.2 Å². The molecule has 0 aliphatic carbocycles. The van der Waals surface area contributed by atoms with Crippen LogP contribution >= 0.6 is 11.6 Å². The monoisotopic (exact) mass is 259 g/mol. The number of hydrogen-bond donors (Lipinski definition) is 1. The Morgan fingerprint density at radius 1 is 1.47 bits per heavy atom. The van der Waals surface area contributed by atoms with Gasteiger partial charge in [0.1, 0.15) is 0 Å². The standard InChI is InChI=1S/C13H19ClFNO/c1-3-11(6-7-14)16-9-10-4-5-13(17-2)12(15)8-10/h4-5,8,11,16H,3,6-7,9H2,1-2H3. The van der Waals surface area contributed by atoms with Crippen LogP contribution in [0.3, 0.4) is 0 Å². The van der Waals surface area contributed by atoms with Crippen molar-refractivity contribution < 1.29 is 9.13 Å². The van der Waals surface area contributed by atoms with Gasteiger partial charge in [-0.1, -0.05) is 13.0 Å². The molecule has 1 aromatic carbocycles. The van der Waals surface area contributed by atoms with E-state index in [1.165, 1.54) is 13.2 Å².